The third-order valence-electron chi connectivity index (χ3n) is 3.36. The van der Waals surface area contributed by atoms with Crippen molar-refractivity contribution >= 4 is 33.4 Å². The Morgan fingerprint density at radius 1 is 1.05 bits per heavy atom. The number of para-hydroxylation sites is 2. The molecule has 4 aromatic rings. The molecule has 0 saturated carbocycles. The fourth-order valence-electron chi connectivity index (χ4n) is 2.36. The second kappa shape index (κ2) is 4.49. The molecule has 2 N–H and O–H groups in total. The number of aromatic amines is 1. The lowest BCUT2D eigenvalue weighted by molar-refractivity contribution is 0.564. The first-order valence-corrected chi connectivity index (χ1v) is 6.53. The van der Waals surface area contributed by atoms with E-state index in [-0.39, 0.29) is 0 Å². The summed E-state index contributed by atoms with van der Waals surface area (Å²) in [5.41, 5.74) is 3.02. The average Bonchev–Trinajstić information content (AvgIpc) is 2.97. The van der Waals surface area contributed by atoms with Gasteiger partial charge in [0.2, 0.25) is 0 Å². The fourth-order valence-corrected chi connectivity index (χ4v) is 2.36. The summed E-state index contributed by atoms with van der Waals surface area (Å²) in [6.45, 7) is 0. The molecule has 0 aliphatic heterocycles. The van der Waals surface area contributed by atoms with Crippen LogP contribution in [0.5, 0.6) is 0 Å². The van der Waals surface area contributed by atoms with Crippen molar-refractivity contribution < 1.29 is 4.42 Å². The number of H-pyrrole nitrogens is 1. The Morgan fingerprint density at radius 3 is 2.90 bits per heavy atom. The van der Waals surface area contributed by atoms with Gasteiger partial charge in [-0.25, -0.2) is 9.78 Å². The smallest absolute Gasteiger partial charge is 0.360 e. The summed E-state index contributed by atoms with van der Waals surface area (Å²) in [7, 11) is 0. The van der Waals surface area contributed by atoms with Crippen LogP contribution in [0.4, 0.5) is 11.4 Å². The number of hydrogen-bond donors (Lipinski definition) is 2. The highest BCUT2D eigenvalue weighted by Gasteiger charge is 2.08. The van der Waals surface area contributed by atoms with Crippen molar-refractivity contribution in [2.24, 2.45) is 0 Å². The summed E-state index contributed by atoms with van der Waals surface area (Å²) in [6.07, 6.45) is 1.62. The molecule has 0 fully saturated rings. The topological polar surface area (TPSA) is 70.9 Å². The number of nitrogens with zero attached hydrogens (tertiary/aromatic N) is 1. The van der Waals surface area contributed by atoms with Crippen molar-refractivity contribution in [2.45, 2.75) is 0 Å². The predicted octanol–water partition coefficient (Wildman–Crippen LogP) is 3.41. The molecule has 2 heterocycles. The molecule has 0 unspecified atom stereocenters. The molecule has 4 rings (SSSR count). The van der Waals surface area contributed by atoms with Crippen LogP contribution < -0.4 is 10.9 Å². The minimum Gasteiger partial charge on any atom is -0.421 e. The van der Waals surface area contributed by atoms with E-state index in [1.807, 2.05) is 36.4 Å². The molecule has 0 aliphatic rings. The van der Waals surface area contributed by atoms with E-state index in [0.29, 0.717) is 11.3 Å². The number of anilines is 2. The number of imidazole rings is 1. The predicted molar refractivity (Wildman–Crippen MR) is 81.9 cm³/mol. The Balaban J connectivity index is 1.85. The van der Waals surface area contributed by atoms with Gasteiger partial charge in [0.15, 0.2) is 0 Å². The van der Waals surface area contributed by atoms with Crippen LogP contribution in [-0.4, -0.2) is 9.97 Å². The molecular formula is C16H11N3O2. The van der Waals surface area contributed by atoms with E-state index in [9.17, 15) is 4.79 Å². The van der Waals surface area contributed by atoms with Gasteiger partial charge in [0.25, 0.3) is 0 Å². The number of fused-ring (bicyclic) bond motifs is 2. The van der Waals surface area contributed by atoms with Crippen LogP contribution in [0.3, 0.4) is 0 Å². The lowest BCUT2D eigenvalue weighted by Crippen LogP contribution is -2.06. The lowest BCUT2D eigenvalue weighted by atomic mass is 10.2. The number of rotatable bonds is 2. The summed E-state index contributed by atoms with van der Waals surface area (Å²) >= 11 is 0. The zero-order valence-electron chi connectivity index (χ0n) is 11.0. The van der Waals surface area contributed by atoms with Crippen molar-refractivity contribution in [1.29, 1.82) is 0 Å². The van der Waals surface area contributed by atoms with Gasteiger partial charge in [-0.05, 0) is 24.3 Å². The summed E-state index contributed by atoms with van der Waals surface area (Å²) in [5.74, 6) is 0. The Kier molecular flexibility index (Phi) is 2.50. The Labute approximate surface area is 119 Å². The van der Waals surface area contributed by atoms with E-state index in [2.05, 4.69) is 15.3 Å². The van der Waals surface area contributed by atoms with E-state index in [4.69, 9.17) is 4.42 Å². The number of nitrogens with one attached hydrogen (secondary N) is 2. The first-order chi connectivity index (χ1) is 10.3. The highest BCUT2D eigenvalue weighted by atomic mass is 16.4. The molecule has 2 aromatic heterocycles. The summed E-state index contributed by atoms with van der Waals surface area (Å²) in [6, 6.07) is 14.9. The highest BCUT2D eigenvalue weighted by Crippen LogP contribution is 2.24. The molecule has 0 aliphatic carbocycles. The maximum atomic E-state index is 12.1. The fraction of sp³-hybridized carbons (Fsp3) is 0. The molecule has 21 heavy (non-hydrogen) atoms. The maximum Gasteiger partial charge on any atom is 0.360 e. The highest BCUT2D eigenvalue weighted by molar-refractivity contribution is 5.90. The Hall–Kier alpha value is -3.08. The van der Waals surface area contributed by atoms with E-state index in [1.54, 1.807) is 18.5 Å². The molecule has 0 amide bonds. The van der Waals surface area contributed by atoms with Gasteiger partial charge >= 0.3 is 5.63 Å². The van der Waals surface area contributed by atoms with Gasteiger partial charge in [-0.15, -0.1) is 0 Å². The van der Waals surface area contributed by atoms with Crippen molar-refractivity contribution in [3.05, 3.63) is 65.3 Å². The Morgan fingerprint density at radius 2 is 1.95 bits per heavy atom. The minimum absolute atomic E-state index is 0.393. The van der Waals surface area contributed by atoms with Gasteiger partial charge in [-0.1, -0.05) is 24.3 Å². The average molecular weight is 277 g/mol. The maximum absolute atomic E-state index is 12.1. The molecule has 0 saturated heterocycles. The van der Waals surface area contributed by atoms with Crippen LogP contribution in [0.2, 0.25) is 0 Å². The van der Waals surface area contributed by atoms with E-state index < -0.39 is 5.63 Å². The van der Waals surface area contributed by atoms with Crippen LogP contribution >= 0.6 is 0 Å². The molecule has 0 bridgehead atoms. The lowest BCUT2D eigenvalue weighted by Gasteiger charge is -2.06. The van der Waals surface area contributed by atoms with E-state index >= 15 is 0 Å². The van der Waals surface area contributed by atoms with Crippen molar-refractivity contribution in [3.63, 3.8) is 0 Å². The van der Waals surface area contributed by atoms with E-state index in [0.717, 1.165) is 22.1 Å². The van der Waals surface area contributed by atoms with Crippen LogP contribution in [0.25, 0.3) is 22.0 Å². The number of hydrogen-bond acceptors (Lipinski definition) is 4. The van der Waals surface area contributed by atoms with Gasteiger partial charge in [0.05, 0.1) is 17.5 Å². The summed E-state index contributed by atoms with van der Waals surface area (Å²) in [5, 5.41) is 3.97. The molecule has 102 valence electrons. The minimum atomic E-state index is -0.402. The largest absolute Gasteiger partial charge is 0.421 e. The normalized spacial score (nSPS) is 11.0. The van der Waals surface area contributed by atoms with Gasteiger partial charge in [-0.3, -0.25) is 0 Å². The first-order valence-electron chi connectivity index (χ1n) is 6.53. The van der Waals surface area contributed by atoms with Crippen LogP contribution in [0, 0.1) is 0 Å². The molecular weight excluding hydrogens is 266 g/mol. The third kappa shape index (κ3) is 1.95. The van der Waals surface area contributed by atoms with Crippen LogP contribution in [-0.2, 0) is 0 Å². The molecule has 0 atom stereocenters. The van der Waals surface area contributed by atoms with Gasteiger partial charge in [-0.2, -0.15) is 0 Å². The molecule has 0 radical (unpaired) electrons. The zero-order valence-corrected chi connectivity index (χ0v) is 11.0. The first kappa shape index (κ1) is 11.7. The SMILES string of the molecule is O=c1oc2ccccc2cc1Nc1cccc2[nH]cnc12. The third-order valence-corrected chi connectivity index (χ3v) is 3.36. The monoisotopic (exact) mass is 277 g/mol. The van der Waals surface area contributed by atoms with Crippen LogP contribution in [0.1, 0.15) is 0 Å². The van der Waals surface area contributed by atoms with Gasteiger partial charge < -0.3 is 14.7 Å². The molecule has 2 aromatic carbocycles. The van der Waals surface area contributed by atoms with Gasteiger partial charge in [0, 0.05) is 5.39 Å². The van der Waals surface area contributed by atoms with Crippen molar-refractivity contribution in [3.8, 4) is 0 Å². The molecule has 5 heteroatoms. The number of benzene rings is 2. The second-order valence-corrected chi connectivity index (χ2v) is 4.71. The zero-order chi connectivity index (χ0) is 14.2. The molecule has 0 spiro atoms. The van der Waals surface area contributed by atoms with Crippen molar-refractivity contribution in [2.75, 3.05) is 5.32 Å². The molecule has 5 nitrogen and oxygen atoms in total. The quantitative estimate of drug-likeness (QED) is 0.551. The Bertz CT molecular complexity index is 1000. The van der Waals surface area contributed by atoms with Crippen molar-refractivity contribution in [1.82, 2.24) is 9.97 Å². The number of aromatic nitrogens is 2. The summed E-state index contributed by atoms with van der Waals surface area (Å²) < 4.78 is 5.31. The second-order valence-electron chi connectivity index (χ2n) is 4.71. The summed E-state index contributed by atoms with van der Waals surface area (Å²) in [4.78, 5) is 19.3. The van der Waals surface area contributed by atoms with Crippen LogP contribution in [0.15, 0.2) is 64.1 Å². The van der Waals surface area contributed by atoms with E-state index in [1.165, 1.54) is 0 Å². The van der Waals surface area contributed by atoms with Gasteiger partial charge in [0.1, 0.15) is 16.8 Å². The standard InChI is InChI=1S/C16H11N3O2/c20-16-13(8-10-4-1-2-7-14(10)21-16)19-12-6-3-5-11-15(12)18-9-17-11/h1-9,19H,(H,17,18).